The van der Waals surface area contributed by atoms with Crippen molar-refractivity contribution in [2.75, 3.05) is 12.8 Å². The van der Waals surface area contributed by atoms with Gasteiger partial charge in [0, 0.05) is 24.3 Å². The van der Waals surface area contributed by atoms with E-state index in [1.807, 2.05) is 0 Å². The van der Waals surface area contributed by atoms with Gasteiger partial charge < -0.3 is 5.11 Å². The first-order chi connectivity index (χ1) is 9.97. The van der Waals surface area contributed by atoms with Gasteiger partial charge in [-0.2, -0.15) is 0 Å². The molecule has 3 rings (SSSR count). The monoisotopic (exact) mass is 315 g/mol. The summed E-state index contributed by atoms with van der Waals surface area (Å²) in [6, 6.07) is 0.907. The van der Waals surface area contributed by atoms with Crippen LogP contribution < -0.4 is 0 Å². The van der Waals surface area contributed by atoms with Gasteiger partial charge >= 0.3 is 0 Å². The maximum atomic E-state index is 11.9. The molecule has 0 aromatic rings. The van der Waals surface area contributed by atoms with Crippen LogP contribution in [0.2, 0.25) is 0 Å². The second kappa shape index (κ2) is 6.17. The summed E-state index contributed by atoms with van der Waals surface area (Å²) in [4.78, 5) is 2.57. The zero-order chi connectivity index (χ0) is 15.0. The number of rotatable bonds is 3. The smallest absolute Gasteiger partial charge is 0.150 e. The standard InChI is InChI=1S/C16H29NO3S/c1-21(19,20)13-6-2-5-12(11-13)17-10-4-8-15(17)14-7-3-9-16(14)18/h12-16,18H,2-11H2,1H3. The summed E-state index contributed by atoms with van der Waals surface area (Å²) in [5, 5.41) is 10.1. The minimum Gasteiger partial charge on any atom is -0.393 e. The first-order valence-electron chi connectivity index (χ1n) is 8.59. The van der Waals surface area contributed by atoms with Crippen molar-refractivity contribution < 1.29 is 13.5 Å². The molecule has 0 amide bonds. The molecule has 1 N–H and O–H groups in total. The van der Waals surface area contributed by atoms with E-state index in [-0.39, 0.29) is 11.4 Å². The number of aliphatic hydroxyl groups is 1. The van der Waals surface area contributed by atoms with Gasteiger partial charge in [0.15, 0.2) is 0 Å². The van der Waals surface area contributed by atoms with E-state index >= 15 is 0 Å². The summed E-state index contributed by atoms with van der Waals surface area (Å²) in [5.41, 5.74) is 0. The molecule has 1 aliphatic heterocycles. The predicted octanol–water partition coefficient (Wildman–Crippen LogP) is 1.97. The molecule has 21 heavy (non-hydrogen) atoms. The maximum absolute atomic E-state index is 11.9. The van der Waals surface area contributed by atoms with Crippen molar-refractivity contribution in [1.82, 2.24) is 4.90 Å². The topological polar surface area (TPSA) is 57.6 Å². The summed E-state index contributed by atoms with van der Waals surface area (Å²) in [7, 11) is -2.91. The molecule has 3 aliphatic rings. The molecule has 5 heteroatoms. The zero-order valence-corrected chi connectivity index (χ0v) is 13.9. The highest BCUT2D eigenvalue weighted by molar-refractivity contribution is 7.91. The lowest BCUT2D eigenvalue weighted by molar-refractivity contribution is 0.0473. The van der Waals surface area contributed by atoms with Gasteiger partial charge in [-0.25, -0.2) is 8.42 Å². The average Bonchev–Trinajstić information content (AvgIpc) is 3.06. The normalized spacial score (nSPS) is 42.5. The molecule has 3 fully saturated rings. The van der Waals surface area contributed by atoms with Crippen molar-refractivity contribution >= 4 is 9.84 Å². The van der Waals surface area contributed by atoms with Crippen LogP contribution in [0.15, 0.2) is 0 Å². The zero-order valence-electron chi connectivity index (χ0n) is 13.1. The molecule has 122 valence electrons. The van der Waals surface area contributed by atoms with Crippen LogP contribution in [0.25, 0.3) is 0 Å². The SMILES string of the molecule is CS(=O)(=O)C1CCCC(N2CCCC2C2CCCC2O)C1. The largest absolute Gasteiger partial charge is 0.393 e. The van der Waals surface area contributed by atoms with E-state index in [9.17, 15) is 13.5 Å². The Labute approximate surface area is 128 Å². The average molecular weight is 315 g/mol. The summed E-state index contributed by atoms with van der Waals surface area (Å²) < 4.78 is 23.8. The lowest BCUT2D eigenvalue weighted by Gasteiger charge is -2.40. The second-order valence-corrected chi connectivity index (χ2v) is 9.71. The number of sulfone groups is 1. The minimum absolute atomic E-state index is 0.134. The van der Waals surface area contributed by atoms with Gasteiger partial charge in [-0.3, -0.25) is 4.90 Å². The highest BCUT2D eigenvalue weighted by Crippen LogP contribution is 2.39. The van der Waals surface area contributed by atoms with E-state index in [4.69, 9.17) is 0 Å². The summed E-state index contributed by atoms with van der Waals surface area (Å²) in [6.45, 7) is 1.09. The summed E-state index contributed by atoms with van der Waals surface area (Å²) >= 11 is 0. The Balaban J connectivity index is 1.70. The van der Waals surface area contributed by atoms with Crippen LogP contribution in [0.5, 0.6) is 0 Å². The van der Waals surface area contributed by atoms with Crippen molar-refractivity contribution in [2.45, 2.75) is 81.2 Å². The number of likely N-dealkylation sites (tertiary alicyclic amines) is 1. The lowest BCUT2D eigenvalue weighted by Crippen LogP contribution is -2.48. The highest BCUT2D eigenvalue weighted by atomic mass is 32.2. The van der Waals surface area contributed by atoms with Gasteiger partial charge in [0.2, 0.25) is 0 Å². The Morgan fingerprint density at radius 1 is 1.00 bits per heavy atom. The predicted molar refractivity (Wildman–Crippen MR) is 84.0 cm³/mol. The number of hydrogen-bond donors (Lipinski definition) is 1. The van der Waals surface area contributed by atoms with Crippen molar-refractivity contribution in [3.63, 3.8) is 0 Å². The quantitative estimate of drug-likeness (QED) is 0.865. The molecule has 5 unspecified atom stereocenters. The third kappa shape index (κ3) is 3.30. The van der Waals surface area contributed by atoms with Gasteiger partial charge in [-0.05, 0) is 51.5 Å². The molecule has 4 nitrogen and oxygen atoms in total. The molecule has 1 heterocycles. The fourth-order valence-corrected chi connectivity index (χ4v) is 6.12. The van der Waals surface area contributed by atoms with Gasteiger partial charge in [0.1, 0.15) is 9.84 Å². The van der Waals surface area contributed by atoms with E-state index in [1.54, 1.807) is 0 Å². The van der Waals surface area contributed by atoms with Crippen LogP contribution in [0.3, 0.4) is 0 Å². The Hall–Kier alpha value is -0.130. The molecule has 1 saturated heterocycles. The van der Waals surface area contributed by atoms with Gasteiger partial charge in [0.05, 0.1) is 11.4 Å². The molecule has 0 bridgehead atoms. The molecule has 0 radical (unpaired) electrons. The molecular weight excluding hydrogens is 286 g/mol. The molecule has 0 aromatic heterocycles. The molecule has 0 aromatic carbocycles. The molecule has 0 spiro atoms. The number of nitrogens with zero attached hydrogens (tertiary/aromatic N) is 1. The van der Waals surface area contributed by atoms with Crippen molar-refractivity contribution in [3.05, 3.63) is 0 Å². The molecular formula is C16H29NO3S. The van der Waals surface area contributed by atoms with Crippen molar-refractivity contribution in [3.8, 4) is 0 Å². The van der Waals surface area contributed by atoms with E-state index in [2.05, 4.69) is 4.90 Å². The Morgan fingerprint density at radius 2 is 1.76 bits per heavy atom. The van der Waals surface area contributed by atoms with Crippen molar-refractivity contribution in [2.24, 2.45) is 5.92 Å². The summed E-state index contributed by atoms with van der Waals surface area (Å²) in [6.07, 6.45) is 10.7. The van der Waals surface area contributed by atoms with Crippen LogP contribution in [0.4, 0.5) is 0 Å². The fourth-order valence-electron chi connectivity index (χ4n) is 4.96. The third-order valence-corrected chi connectivity index (χ3v) is 7.68. The van der Waals surface area contributed by atoms with Crippen LogP contribution >= 0.6 is 0 Å². The second-order valence-electron chi connectivity index (χ2n) is 7.38. The van der Waals surface area contributed by atoms with Crippen LogP contribution in [-0.4, -0.2) is 54.7 Å². The molecule has 5 atom stereocenters. The van der Waals surface area contributed by atoms with Crippen LogP contribution in [-0.2, 0) is 9.84 Å². The fraction of sp³-hybridized carbons (Fsp3) is 1.00. The van der Waals surface area contributed by atoms with Crippen molar-refractivity contribution in [1.29, 1.82) is 0 Å². The van der Waals surface area contributed by atoms with Gasteiger partial charge in [-0.15, -0.1) is 0 Å². The number of aliphatic hydroxyl groups excluding tert-OH is 1. The third-order valence-electron chi connectivity index (χ3n) is 6.04. The molecule has 2 saturated carbocycles. The highest BCUT2D eigenvalue weighted by Gasteiger charge is 2.42. The van der Waals surface area contributed by atoms with E-state index in [1.165, 1.54) is 19.1 Å². The van der Waals surface area contributed by atoms with E-state index in [0.29, 0.717) is 18.0 Å². The van der Waals surface area contributed by atoms with Gasteiger partial charge in [-0.1, -0.05) is 12.8 Å². The van der Waals surface area contributed by atoms with Crippen LogP contribution in [0.1, 0.15) is 57.8 Å². The van der Waals surface area contributed by atoms with Crippen LogP contribution in [0, 0.1) is 5.92 Å². The molecule has 2 aliphatic carbocycles. The van der Waals surface area contributed by atoms with E-state index < -0.39 is 9.84 Å². The maximum Gasteiger partial charge on any atom is 0.150 e. The first kappa shape index (κ1) is 15.8. The first-order valence-corrected chi connectivity index (χ1v) is 10.5. The van der Waals surface area contributed by atoms with E-state index in [0.717, 1.165) is 51.5 Å². The summed E-state index contributed by atoms with van der Waals surface area (Å²) in [5.74, 6) is 0.422. The Bertz CT molecular complexity index is 464. The lowest BCUT2D eigenvalue weighted by atomic mass is 9.89. The Kier molecular flexibility index (Phi) is 4.63. The van der Waals surface area contributed by atoms with Gasteiger partial charge in [0.25, 0.3) is 0 Å². The Morgan fingerprint density at radius 3 is 2.43 bits per heavy atom. The minimum atomic E-state index is -2.91. The number of hydrogen-bond acceptors (Lipinski definition) is 4.